The molecule has 1 heteroatoms. The average molecular weight is 252 g/mol. The van der Waals surface area contributed by atoms with Gasteiger partial charge in [-0.3, -0.25) is 0 Å². The largest absolute Gasteiger partial charge is 0.390 e. The number of rotatable bonds is 9. The number of allylic oxidation sites excluding steroid dienone is 4. The Morgan fingerprint density at radius 1 is 1.06 bits per heavy atom. The van der Waals surface area contributed by atoms with E-state index in [4.69, 9.17) is 0 Å². The molecule has 1 N–H and O–H groups in total. The molecule has 0 saturated carbocycles. The maximum Gasteiger partial charge on any atom is 0.0622 e. The van der Waals surface area contributed by atoms with Gasteiger partial charge in [-0.1, -0.05) is 43.1 Å². The zero-order chi connectivity index (χ0) is 14.0. The fourth-order valence-corrected chi connectivity index (χ4v) is 2.00. The first-order chi connectivity index (χ1) is 8.37. The summed E-state index contributed by atoms with van der Waals surface area (Å²) in [7, 11) is 0. The van der Waals surface area contributed by atoms with Crippen LogP contribution in [0.5, 0.6) is 0 Å². The topological polar surface area (TPSA) is 20.2 Å². The maximum atomic E-state index is 10.2. The Morgan fingerprint density at radius 3 is 2.28 bits per heavy atom. The van der Waals surface area contributed by atoms with Gasteiger partial charge in [0.05, 0.1) is 5.60 Å². The van der Waals surface area contributed by atoms with E-state index in [9.17, 15) is 5.11 Å². The molecule has 0 heterocycles. The third-order valence-electron chi connectivity index (χ3n) is 3.34. The summed E-state index contributed by atoms with van der Waals surface area (Å²) < 4.78 is 0. The molecular weight excluding hydrogens is 220 g/mol. The van der Waals surface area contributed by atoms with Crippen LogP contribution in [0.2, 0.25) is 0 Å². The lowest BCUT2D eigenvalue weighted by Gasteiger charge is -2.22. The Labute approximate surface area is 114 Å². The molecule has 0 fully saturated rings. The maximum absolute atomic E-state index is 10.2. The van der Waals surface area contributed by atoms with E-state index in [1.165, 1.54) is 11.1 Å². The van der Waals surface area contributed by atoms with Crippen molar-refractivity contribution in [2.75, 3.05) is 0 Å². The minimum Gasteiger partial charge on any atom is -0.390 e. The molecule has 106 valence electrons. The van der Waals surface area contributed by atoms with Gasteiger partial charge in [-0.05, 0) is 59.8 Å². The van der Waals surface area contributed by atoms with Crippen LogP contribution < -0.4 is 0 Å². The van der Waals surface area contributed by atoms with Gasteiger partial charge in [0.2, 0.25) is 0 Å². The second kappa shape index (κ2) is 9.38. The minimum absolute atomic E-state index is 0.479. The molecule has 18 heavy (non-hydrogen) atoms. The zero-order valence-electron chi connectivity index (χ0n) is 13.1. The lowest BCUT2D eigenvalue weighted by atomic mass is 9.93. The number of aliphatic hydroxyl groups is 1. The van der Waals surface area contributed by atoms with Crippen molar-refractivity contribution in [3.63, 3.8) is 0 Å². The van der Waals surface area contributed by atoms with E-state index >= 15 is 0 Å². The van der Waals surface area contributed by atoms with Crippen LogP contribution in [0.4, 0.5) is 0 Å². The average Bonchev–Trinajstić information content (AvgIpc) is 2.25. The van der Waals surface area contributed by atoms with Gasteiger partial charge in [0.1, 0.15) is 0 Å². The van der Waals surface area contributed by atoms with E-state index in [1.54, 1.807) is 0 Å². The van der Waals surface area contributed by atoms with Gasteiger partial charge in [0, 0.05) is 0 Å². The quantitative estimate of drug-likeness (QED) is 0.545. The lowest BCUT2D eigenvalue weighted by Crippen LogP contribution is -2.23. The minimum atomic E-state index is -0.479. The molecular formula is C17H32O. The molecule has 0 aromatic rings. The normalized spacial score (nSPS) is 15.3. The highest BCUT2D eigenvalue weighted by molar-refractivity contribution is 5.02. The molecule has 0 aliphatic heterocycles. The van der Waals surface area contributed by atoms with Gasteiger partial charge >= 0.3 is 0 Å². The van der Waals surface area contributed by atoms with Crippen molar-refractivity contribution in [1.29, 1.82) is 0 Å². The molecule has 0 rings (SSSR count). The molecule has 0 saturated heterocycles. The number of hydrogen-bond acceptors (Lipinski definition) is 1. The van der Waals surface area contributed by atoms with E-state index in [1.807, 2.05) is 6.92 Å². The fraction of sp³-hybridized carbons (Fsp3) is 0.765. The standard InChI is InChI=1S/C17H32O/c1-6-7-13-17(5,18)14-9-12-16(4)11-8-10-15(2)3/h10,12,18H,6-9,11,13-14H2,1-5H3/b16-12+. The second-order valence-corrected chi connectivity index (χ2v) is 6.01. The Kier molecular flexibility index (Phi) is 9.09. The van der Waals surface area contributed by atoms with E-state index in [-0.39, 0.29) is 0 Å². The summed E-state index contributed by atoms with van der Waals surface area (Å²) in [5, 5.41) is 10.2. The smallest absolute Gasteiger partial charge is 0.0622 e. The van der Waals surface area contributed by atoms with Crippen molar-refractivity contribution in [3.8, 4) is 0 Å². The lowest BCUT2D eigenvalue weighted by molar-refractivity contribution is 0.0407. The SMILES string of the molecule is CCCCC(C)(O)CC/C=C(\C)CCC=C(C)C. The van der Waals surface area contributed by atoms with Gasteiger partial charge in [-0.15, -0.1) is 0 Å². The van der Waals surface area contributed by atoms with E-state index in [0.29, 0.717) is 0 Å². The molecule has 0 aliphatic carbocycles. The van der Waals surface area contributed by atoms with Crippen molar-refractivity contribution in [2.24, 2.45) is 0 Å². The first kappa shape index (κ1) is 17.4. The first-order valence-corrected chi connectivity index (χ1v) is 7.39. The first-order valence-electron chi connectivity index (χ1n) is 7.39. The Balaban J connectivity index is 3.88. The van der Waals surface area contributed by atoms with Crippen molar-refractivity contribution in [2.45, 2.75) is 85.2 Å². The number of unbranched alkanes of at least 4 members (excludes halogenated alkanes) is 1. The molecule has 0 radical (unpaired) electrons. The molecule has 0 aromatic heterocycles. The van der Waals surface area contributed by atoms with Crippen LogP contribution >= 0.6 is 0 Å². The van der Waals surface area contributed by atoms with E-state index < -0.39 is 5.60 Å². The van der Waals surface area contributed by atoms with E-state index in [0.717, 1.165) is 44.9 Å². The molecule has 0 aromatic carbocycles. The monoisotopic (exact) mass is 252 g/mol. The second-order valence-electron chi connectivity index (χ2n) is 6.01. The molecule has 0 spiro atoms. The van der Waals surface area contributed by atoms with Crippen molar-refractivity contribution in [1.82, 2.24) is 0 Å². The molecule has 1 nitrogen and oxygen atoms in total. The van der Waals surface area contributed by atoms with Gasteiger partial charge in [0.15, 0.2) is 0 Å². The van der Waals surface area contributed by atoms with Gasteiger partial charge < -0.3 is 5.11 Å². The molecule has 1 atom stereocenters. The summed E-state index contributed by atoms with van der Waals surface area (Å²) in [6.45, 7) is 10.6. The third-order valence-corrected chi connectivity index (χ3v) is 3.34. The summed E-state index contributed by atoms with van der Waals surface area (Å²) >= 11 is 0. The molecule has 0 aliphatic rings. The van der Waals surface area contributed by atoms with Crippen LogP contribution in [0.25, 0.3) is 0 Å². The predicted molar refractivity (Wildman–Crippen MR) is 81.8 cm³/mol. The van der Waals surface area contributed by atoms with Crippen LogP contribution in [-0.2, 0) is 0 Å². The zero-order valence-corrected chi connectivity index (χ0v) is 13.1. The van der Waals surface area contributed by atoms with Crippen molar-refractivity contribution < 1.29 is 5.11 Å². The fourth-order valence-electron chi connectivity index (χ4n) is 2.00. The number of hydrogen-bond donors (Lipinski definition) is 1. The highest BCUT2D eigenvalue weighted by Crippen LogP contribution is 2.20. The summed E-state index contributed by atoms with van der Waals surface area (Å²) in [6.07, 6.45) is 11.9. The van der Waals surface area contributed by atoms with Crippen LogP contribution in [0.3, 0.4) is 0 Å². The van der Waals surface area contributed by atoms with Crippen molar-refractivity contribution in [3.05, 3.63) is 23.3 Å². The highest BCUT2D eigenvalue weighted by atomic mass is 16.3. The van der Waals surface area contributed by atoms with Gasteiger partial charge in [0.25, 0.3) is 0 Å². The Hall–Kier alpha value is -0.560. The summed E-state index contributed by atoms with van der Waals surface area (Å²) in [5.74, 6) is 0. The van der Waals surface area contributed by atoms with E-state index in [2.05, 4.69) is 39.8 Å². The van der Waals surface area contributed by atoms with Crippen molar-refractivity contribution >= 4 is 0 Å². The third kappa shape index (κ3) is 10.6. The summed E-state index contributed by atoms with van der Waals surface area (Å²) in [4.78, 5) is 0. The summed E-state index contributed by atoms with van der Waals surface area (Å²) in [5.41, 5.74) is 2.36. The van der Waals surface area contributed by atoms with Gasteiger partial charge in [-0.2, -0.15) is 0 Å². The molecule has 0 amide bonds. The van der Waals surface area contributed by atoms with Crippen LogP contribution in [0.1, 0.15) is 79.6 Å². The molecule has 0 bridgehead atoms. The van der Waals surface area contributed by atoms with Crippen LogP contribution in [0.15, 0.2) is 23.3 Å². The van der Waals surface area contributed by atoms with Gasteiger partial charge in [-0.25, -0.2) is 0 Å². The predicted octanol–water partition coefficient (Wildman–Crippen LogP) is 5.40. The summed E-state index contributed by atoms with van der Waals surface area (Å²) in [6, 6.07) is 0. The van der Waals surface area contributed by atoms with Crippen LogP contribution in [0, 0.1) is 0 Å². The Morgan fingerprint density at radius 2 is 1.72 bits per heavy atom. The van der Waals surface area contributed by atoms with Crippen LogP contribution in [-0.4, -0.2) is 10.7 Å². The highest BCUT2D eigenvalue weighted by Gasteiger charge is 2.17. The molecule has 1 unspecified atom stereocenters. The Bertz CT molecular complexity index is 267.